The van der Waals surface area contributed by atoms with Crippen molar-refractivity contribution in [3.8, 4) is 12.3 Å². The smallest absolute Gasteiger partial charge is 0.157 e. The molecule has 0 amide bonds. The molecule has 1 heterocycles. The first kappa shape index (κ1) is 44.2. The number of hydrogen-bond donors (Lipinski definition) is 3. The van der Waals surface area contributed by atoms with Crippen LogP contribution < -0.4 is 16.0 Å². The average molecular weight is 677 g/mol. The maximum Gasteiger partial charge on any atom is 0.157 e. The van der Waals surface area contributed by atoms with Gasteiger partial charge in [-0.05, 0) is 82.0 Å². The van der Waals surface area contributed by atoms with Crippen molar-refractivity contribution < 1.29 is 4.79 Å². The number of carbonyl (C=O) groups is 1. The Balaban J connectivity index is 0.00000157. The number of ketones is 1. The highest BCUT2D eigenvalue weighted by Gasteiger charge is 2.55. The normalized spacial score (nSPS) is 22.6. The number of carbonyl (C=O) groups excluding carboxylic acids is 1. The van der Waals surface area contributed by atoms with Crippen LogP contribution >= 0.6 is 0 Å². The number of hydrogen-bond acceptors (Lipinski definition) is 5. The van der Waals surface area contributed by atoms with Crippen molar-refractivity contribution >= 4 is 5.78 Å². The Kier molecular flexibility index (Phi) is 19.3. The second kappa shape index (κ2) is 21.4. The van der Waals surface area contributed by atoms with Gasteiger partial charge in [0.15, 0.2) is 5.78 Å². The van der Waals surface area contributed by atoms with E-state index in [0.717, 1.165) is 49.4 Å². The Morgan fingerprint density at radius 1 is 1.08 bits per heavy atom. The summed E-state index contributed by atoms with van der Waals surface area (Å²) in [5.74, 6) is 5.42. The third-order valence-corrected chi connectivity index (χ3v) is 10.4. The van der Waals surface area contributed by atoms with Crippen LogP contribution in [0.5, 0.6) is 0 Å². The van der Waals surface area contributed by atoms with Crippen LogP contribution in [-0.2, 0) is 4.79 Å². The van der Waals surface area contributed by atoms with Crippen LogP contribution in [0.25, 0.3) is 0 Å². The molecule has 49 heavy (non-hydrogen) atoms. The molecule has 5 nitrogen and oxygen atoms in total. The maximum absolute atomic E-state index is 12.2. The number of nitrogens with zero attached hydrogens (tertiary/aromatic N) is 1. The fourth-order valence-electron chi connectivity index (χ4n) is 8.04. The molecular formula is C44H76N4O. The Morgan fingerprint density at radius 3 is 2.16 bits per heavy atom. The van der Waals surface area contributed by atoms with Gasteiger partial charge < -0.3 is 20.9 Å². The van der Waals surface area contributed by atoms with E-state index >= 15 is 0 Å². The second-order valence-electron chi connectivity index (χ2n) is 16.0. The Hall–Kier alpha value is -2.87. The molecule has 1 saturated heterocycles. The summed E-state index contributed by atoms with van der Waals surface area (Å²) >= 11 is 0. The summed E-state index contributed by atoms with van der Waals surface area (Å²) < 4.78 is 0. The third-order valence-electron chi connectivity index (χ3n) is 10.4. The zero-order valence-corrected chi connectivity index (χ0v) is 33.4. The van der Waals surface area contributed by atoms with Crippen LogP contribution in [0.1, 0.15) is 146 Å². The first-order valence-corrected chi connectivity index (χ1v) is 19.5. The predicted molar refractivity (Wildman–Crippen MR) is 215 cm³/mol. The zero-order chi connectivity index (χ0) is 37.4. The highest BCUT2D eigenvalue weighted by molar-refractivity contribution is 5.93. The fraction of sp³-hybridized carbons (Fsp3) is 0.705. The number of terminal acetylenes is 1. The Morgan fingerprint density at radius 2 is 1.67 bits per heavy atom. The second-order valence-corrected chi connectivity index (χ2v) is 16.0. The van der Waals surface area contributed by atoms with Crippen molar-refractivity contribution in [2.24, 2.45) is 23.2 Å². The standard InChI is InChI=1S/C37H60N4O.C4H8.C3H8/c1-12-14-18-33(26(5)29(8)42)38-27(6)34-32-22-31(32)24-41(34)28(7)35(36(10)20-16-15-17-21-36)39-30(9)40-37(11,19-13-2)23-25(3)4;1-3-4-2;1-3-2/h1,25,31-35,38-40H,5-7,9,13-24H2,2-4,8,10-11H3;3H,1,4H2,2H3;3H2,1-2H3/t31-,32-,33?,34?,35?,37-;;/m0../s1. The van der Waals surface area contributed by atoms with E-state index in [2.05, 4.69) is 108 Å². The van der Waals surface area contributed by atoms with Gasteiger partial charge in [0, 0.05) is 35.5 Å². The molecule has 3 N–H and O–H groups in total. The lowest BCUT2D eigenvalue weighted by molar-refractivity contribution is -0.113. The molecule has 2 saturated carbocycles. The molecule has 0 aromatic heterocycles. The quantitative estimate of drug-likeness (QED) is 0.0722. The zero-order valence-electron chi connectivity index (χ0n) is 33.4. The van der Waals surface area contributed by atoms with E-state index in [1.807, 2.05) is 6.08 Å². The van der Waals surface area contributed by atoms with Gasteiger partial charge in [0.25, 0.3) is 0 Å². The van der Waals surface area contributed by atoms with E-state index in [4.69, 9.17) is 13.0 Å². The molecule has 1 aliphatic heterocycles. The molecule has 2 aliphatic carbocycles. The van der Waals surface area contributed by atoms with Crippen molar-refractivity contribution in [3.05, 3.63) is 61.8 Å². The molecule has 0 radical (unpaired) electrons. The van der Waals surface area contributed by atoms with E-state index < -0.39 is 0 Å². The van der Waals surface area contributed by atoms with Crippen molar-refractivity contribution in [3.63, 3.8) is 0 Å². The minimum atomic E-state index is -0.204. The number of fused-ring (bicyclic) bond motifs is 1. The monoisotopic (exact) mass is 677 g/mol. The van der Waals surface area contributed by atoms with Gasteiger partial charge in [0.05, 0.1) is 23.9 Å². The topological polar surface area (TPSA) is 56.4 Å². The van der Waals surface area contributed by atoms with Crippen LogP contribution in [0.2, 0.25) is 0 Å². The SMILES string of the molecule is C#CCCC(NC(=C)C1[C@H]2C[C@H]2CN1C(=C)C(NC(=C)N[C@@](C)(CCC)CC(C)C)C1(C)CCCCC1)C(=C)C(C)=O.C=CCC.CCC. The van der Waals surface area contributed by atoms with Gasteiger partial charge in [0.2, 0.25) is 0 Å². The van der Waals surface area contributed by atoms with Gasteiger partial charge in [-0.15, -0.1) is 18.9 Å². The van der Waals surface area contributed by atoms with Crippen LogP contribution in [0.4, 0.5) is 0 Å². The number of nitrogens with one attached hydrogen (secondary N) is 3. The summed E-state index contributed by atoms with van der Waals surface area (Å²) in [6, 6.07) is 0.00415. The fourth-order valence-corrected chi connectivity index (χ4v) is 8.04. The number of piperidine rings is 1. The lowest BCUT2D eigenvalue weighted by Crippen LogP contribution is -2.55. The van der Waals surface area contributed by atoms with Crippen LogP contribution in [0, 0.1) is 35.5 Å². The van der Waals surface area contributed by atoms with Gasteiger partial charge in [0.1, 0.15) is 0 Å². The van der Waals surface area contributed by atoms with Gasteiger partial charge >= 0.3 is 0 Å². The van der Waals surface area contributed by atoms with Gasteiger partial charge in [-0.25, -0.2) is 0 Å². The summed E-state index contributed by atoms with van der Waals surface area (Å²) in [4.78, 5) is 14.7. The van der Waals surface area contributed by atoms with Crippen molar-refractivity contribution in [1.82, 2.24) is 20.9 Å². The lowest BCUT2D eigenvalue weighted by atomic mass is 9.69. The minimum absolute atomic E-state index is 0.00509. The number of rotatable bonds is 19. The third kappa shape index (κ3) is 13.8. The molecule has 3 aliphatic rings. The van der Waals surface area contributed by atoms with E-state index in [-0.39, 0.29) is 34.9 Å². The molecule has 5 heteroatoms. The summed E-state index contributed by atoms with van der Waals surface area (Å²) in [6.07, 6.45) is 21.7. The Bertz CT molecular complexity index is 1140. The highest BCUT2D eigenvalue weighted by Crippen LogP contribution is 2.54. The van der Waals surface area contributed by atoms with E-state index in [1.54, 1.807) is 6.92 Å². The molecule has 0 spiro atoms. The van der Waals surface area contributed by atoms with Crippen LogP contribution in [-0.4, -0.2) is 40.9 Å². The average Bonchev–Trinajstić information content (AvgIpc) is 3.69. The van der Waals surface area contributed by atoms with E-state index in [0.29, 0.717) is 36.2 Å². The van der Waals surface area contributed by atoms with Crippen LogP contribution in [0.3, 0.4) is 0 Å². The number of allylic oxidation sites excluding steroid dienone is 1. The number of likely N-dealkylation sites (tertiary alicyclic amines) is 1. The summed E-state index contributed by atoms with van der Waals surface area (Å²) in [7, 11) is 0. The van der Waals surface area contributed by atoms with Gasteiger partial charge in [-0.3, -0.25) is 4.79 Å². The predicted octanol–water partition coefficient (Wildman–Crippen LogP) is 10.4. The van der Waals surface area contributed by atoms with Gasteiger partial charge in [-0.1, -0.05) is 113 Å². The summed E-state index contributed by atoms with van der Waals surface area (Å²) in [6.45, 7) is 41.9. The molecule has 0 aromatic carbocycles. The Labute approximate surface area is 304 Å². The lowest BCUT2D eigenvalue weighted by Gasteiger charge is -2.47. The number of Topliss-reactive ketones (excluding diaryl/α,β-unsaturated/α-hetero) is 1. The van der Waals surface area contributed by atoms with E-state index in [9.17, 15) is 4.79 Å². The van der Waals surface area contributed by atoms with Crippen molar-refractivity contribution in [1.29, 1.82) is 0 Å². The van der Waals surface area contributed by atoms with Crippen molar-refractivity contribution in [2.45, 2.75) is 169 Å². The van der Waals surface area contributed by atoms with E-state index in [1.165, 1.54) is 44.9 Å². The molecule has 6 atom stereocenters. The molecule has 3 rings (SSSR count). The largest absolute Gasteiger partial charge is 0.380 e. The molecule has 278 valence electrons. The molecule has 0 bridgehead atoms. The first-order valence-electron chi connectivity index (χ1n) is 19.5. The molecule has 3 unspecified atom stereocenters. The minimum Gasteiger partial charge on any atom is -0.380 e. The molecule has 0 aromatic rings. The first-order chi connectivity index (χ1) is 23.1. The van der Waals surface area contributed by atoms with Crippen molar-refractivity contribution in [2.75, 3.05) is 6.54 Å². The summed E-state index contributed by atoms with van der Waals surface area (Å²) in [5, 5.41) is 11.3. The highest BCUT2D eigenvalue weighted by atomic mass is 16.1. The van der Waals surface area contributed by atoms with Crippen LogP contribution in [0.15, 0.2) is 61.8 Å². The van der Waals surface area contributed by atoms with Gasteiger partial charge in [-0.2, -0.15) is 0 Å². The molecular weight excluding hydrogens is 601 g/mol. The summed E-state index contributed by atoms with van der Waals surface area (Å²) in [5.41, 5.74) is 2.73. The maximum atomic E-state index is 12.2. The molecule has 3 fully saturated rings.